The average molecular weight is 248 g/mol. The van der Waals surface area contributed by atoms with Crippen molar-refractivity contribution in [2.24, 2.45) is 5.92 Å². The molecular weight excluding hydrogens is 232 g/mol. The fourth-order valence-corrected chi connectivity index (χ4v) is 1.71. The highest BCUT2D eigenvalue weighted by Crippen LogP contribution is 2.19. The molecular formula is C13H16N2O3. The van der Waals surface area contributed by atoms with Gasteiger partial charge in [0.2, 0.25) is 11.7 Å². The van der Waals surface area contributed by atoms with Gasteiger partial charge in [0.05, 0.1) is 0 Å². The molecule has 5 nitrogen and oxygen atoms in total. The normalized spacial score (nSPS) is 12.6. The van der Waals surface area contributed by atoms with Crippen LogP contribution in [0.25, 0.3) is 11.4 Å². The van der Waals surface area contributed by atoms with Gasteiger partial charge in [0.15, 0.2) is 0 Å². The molecule has 2 aromatic rings. The summed E-state index contributed by atoms with van der Waals surface area (Å²) < 4.78 is 10.2. The van der Waals surface area contributed by atoms with Crippen molar-refractivity contribution < 1.29 is 14.4 Å². The first-order valence-electron chi connectivity index (χ1n) is 5.80. The predicted molar refractivity (Wildman–Crippen MR) is 66.1 cm³/mol. The summed E-state index contributed by atoms with van der Waals surface area (Å²) in [4.78, 5) is 4.32. The molecule has 0 aliphatic rings. The highest BCUT2D eigenvalue weighted by atomic mass is 16.5. The van der Waals surface area contributed by atoms with Crippen molar-refractivity contribution in [3.63, 3.8) is 0 Å². The van der Waals surface area contributed by atoms with Crippen molar-refractivity contribution in [2.75, 3.05) is 13.7 Å². The van der Waals surface area contributed by atoms with Crippen LogP contribution in [0.2, 0.25) is 0 Å². The monoisotopic (exact) mass is 248 g/mol. The van der Waals surface area contributed by atoms with Gasteiger partial charge >= 0.3 is 0 Å². The molecule has 0 saturated heterocycles. The van der Waals surface area contributed by atoms with Gasteiger partial charge in [0.25, 0.3) is 0 Å². The maximum Gasteiger partial charge on any atom is 0.227 e. The first kappa shape index (κ1) is 12.6. The number of hydrogen-bond acceptors (Lipinski definition) is 5. The molecule has 1 aromatic heterocycles. The molecule has 0 fully saturated rings. The van der Waals surface area contributed by atoms with E-state index in [1.165, 1.54) is 0 Å². The van der Waals surface area contributed by atoms with Crippen LogP contribution < -0.4 is 0 Å². The molecule has 1 N–H and O–H groups in total. The van der Waals surface area contributed by atoms with Crippen molar-refractivity contribution in [1.29, 1.82) is 0 Å². The Morgan fingerprint density at radius 1 is 1.33 bits per heavy atom. The van der Waals surface area contributed by atoms with Crippen LogP contribution in [0.15, 0.2) is 28.8 Å². The molecule has 1 aromatic carbocycles. The number of aromatic nitrogens is 2. The number of phenols is 1. The number of methoxy groups -OCH3 is 1. The summed E-state index contributed by atoms with van der Waals surface area (Å²) in [7, 11) is 1.67. The molecule has 0 aliphatic carbocycles. The average Bonchev–Trinajstić information content (AvgIpc) is 2.78. The van der Waals surface area contributed by atoms with Gasteiger partial charge in [-0.15, -0.1) is 0 Å². The number of hydrogen-bond donors (Lipinski definition) is 1. The summed E-state index contributed by atoms with van der Waals surface area (Å²) in [5, 5.41) is 13.1. The van der Waals surface area contributed by atoms with Crippen molar-refractivity contribution in [3.8, 4) is 17.1 Å². The van der Waals surface area contributed by atoms with E-state index in [0.717, 1.165) is 5.56 Å². The minimum absolute atomic E-state index is 0.219. The van der Waals surface area contributed by atoms with Crippen molar-refractivity contribution >= 4 is 0 Å². The van der Waals surface area contributed by atoms with Crippen molar-refractivity contribution in [3.05, 3.63) is 30.2 Å². The number of benzene rings is 1. The van der Waals surface area contributed by atoms with Crippen LogP contribution >= 0.6 is 0 Å². The summed E-state index contributed by atoms with van der Waals surface area (Å²) >= 11 is 0. The Kier molecular flexibility index (Phi) is 3.94. The summed E-state index contributed by atoms with van der Waals surface area (Å²) in [6.45, 7) is 2.73. The summed E-state index contributed by atoms with van der Waals surface area (Å²) in [5.74, 6) is 1.69. The fraction of sp³-hybridized carbons (Fsp3) is 0.385. The molecule has 0 spiro atoms. The van der Waals surface area contributed by atoms with E-state index in [1.807, 2.05) is 0 Å². The quantitative estimate of drug-likeness (QED) is 0.879. The topological polar surface area (TPSA) is 68.4 Å². The fourth-order valence-electron chi connectivity index (χ4n) is 1.71. The third-order valence-electron chi connectivity index (χ3n) is 2.57. The van der Waals surface area contributed by atoms with Crippen LogP contribution in [0.4, 0.5) is 0 Å². The highest BCUT2D eigenvalue weighted by molar-refractivity contribution is 5.55. The van der Waals surface area contributed by atoms with Gasteiger partial charge in [0, 0.05) is 25.7 Å². The molecule has 0 aliphatic heterocycles. The van der Waals surface area contributed by atoms with Crippen LogP contribution in [0.1, 0.15) is 12.8 Å². The van der Waals surface area contributed by atoms with Gasteiger partial charge in [0.1, 0.15) is 5.75 Å². The Morgan fingerprint density at radius 2 is 2.06 bits per heavy atom. The van der Waals surface area contributed by atoms with Crippen molar-refractivity contribution in [1.82, 2.24) is 10.1 Å². The van der Waals surface area contributed by atoms with Gasteiger partial charge in [-0.1, -0.05) is 12.1 Å². The third-order valence-corrected chi connectivity index (χ3v) is 2.57. The van der Waals surface area contributed by atoms with Crippen LogP contribution in [0.5, 0.6) is 5.75 Å². The number of phenolic OH excluding ortho intramolecular Hbond substituents is 1. The van der Waals surface area contributed by atoms with Crippen LogP contribution in [0.3, 0.4) is 0 Å². The predicted octanol–water partition coefficient (Wildman–Crippen LogP) is 2.27. The summed E-state index contributed by atoms with van der Waals surface area (Å²) in [6, 6.07) is 6.70. The molecule has 96 valence electrons. The van der Waals surface area contributed by atoms with Gasteiger partial charge in [-0.2, -0.15) is 4.98 Å². The zero-order valence-electron chi connectivity index (χ0n) is 10.5. The van der Waals surface area contributed by atoms with E-state index in [2.05, 4.69) is 17.1 Å². The lowest BCUT2D eigenvalue weighted by atomic mass is 10.1. The Hall–Kier alpha value is -1.88. The number of ether oxygens (including phenoxy) is 1. The van der Waals surface area contributed by atoms with Gasteiger partial charge in [-0.25, -0.2) is 0 Å². The minimum atomic E-state index is 0.219. The van der Waals surface area contributed by atoms with Crippen LogP contribution in [0, 0.1) is 5.92 Å². The molecule has 0 saturated carbocycles. The van der Waals surface area contributed by atoms with E-state index in [0.29, 0.717) is 30.7 Å². The van der Waals surface area contributed by atoms with Gasteiger partial charge in [-0.05, 0) is 30.2 Å². The van der Waals surface area contributed by atoms with Gasteiger partial charge in [-0.3, -0.25) is 0 Å². The second-order valence-corrected chi connectivity index (χ2v) is 4.32. The first-order chi connectivity index (χ1) is 8.69. The number of rotatable bonds is 5. The Balaban J connectivity index is 2.08. The molecule has 5 heteroatoms. The zero-order chi connectivity index (χ0) is 13.0. The third kappa shape index (κ3) is 3.07. The second-order valence-electron chi connectivity index (χ2n) is 4.32. The zero-order valence-corrected chi connectivity index (χ0v) is 10.5. The Bertz CT molecular complexity index is 493. The summed E-state index contributed by atoms with van der Waals surface area (Å²) in [6.07, 6.45) is 0.693. The molecule has 0 bridgehead atoms. The largest absolute Gasteiger partial charge is 0.508 e. The lowest BCUT2D eigenvalue weighted by molar-refractivity contribution is 0.155. The van der Waals surface area contributed by atoms with E-state index < -0.39 is 0 Å². The molecule has 0 radical (unpaired) electrons. The maximum absolute atomic E-state index is 9.21. The number of nitrogens with zero attached hydrogens (tertiary/aromatic N) is 2. The highest BCUT2D eigenvalue weighted by Gasteiger charge is 2.12. The smallest absolute Gasteiger partial charge is 0.227 e. The van der Waals surface area contributed by atoms with E-state index in [1.54, 1.807) is 31.4 Å². The Labute approximate surface area is 105 Å². The molecule has 0 amide bonds. The van der Waals surface area contributed by atoms with E-state index >= 15 is 0 Å². The number of aromatic hydroxyl groups is 1. The minimum Gasteiger partial charge on any atom is -0.508 e. The maximum atomic E-state index is 9.21. The summed E-state index contributed by atoms with van der Waals surface area (Å²) in [5.41, 5.74) is 0.821. The van der Waals surface area contributed by atoms with Gasteiger partial charge < -0.3 is 14.4 Å². The molecule has 1 atom stereocenters. The molecule has 1 unspecified atom stereocenters. The molecule has 1 heterocycles. The van der Waals surface area contributed by atoms with Crippen molar-refractivity contribution in [2.45, 2.75) is 13.3 Å². The molecule has 2 rings (SSSR count). The standard InChI is InChI=1S/C13H16N2O3/c1-9(8-17-2)7-12-14-13(15-18-12)10-3-5-11(16)6-4-10/h3-6,9,16H,7-8H2,1-2H3. The molecule has 18 heavy (non-hydrogen) atoms. The van der Waals surface area contributed by atoms with E-state index in [-0.39, 0.29) is 5.75 Å². The Morgan fingerprint density at radius 3 is 2.72 bits per heavy atom. The van der Waals surface area contributed by atoms with E-state index in [9.17, 15) is 5.11 Å². The first-order valence-corrected chi connectivity index (χ1v) is 5.80. The SMILES string of the molecule is COCC(C)Cc1nc(-c2ccc(O)cc2)no1. The second kappa shape index (κ2) is 5.64. The van der Waals surface area contributed by atoms with Crippen LogP contribution in [-0.4, -0.2) is 29.0 Å². The van der Waals surface area contributed by atoms with Crippen LogP contribution in [-0.2, 0) is 11.2 Å². The lowest BCUT2D eigenvalue weighted by Crippen LogP contribution is -2.07. The van der Waals surface area contributed by atoms with E-state index in [4.69, 9.17) is 9.26 Å². The lowest BCUT2D eigenvalue weighted by Gasteiger charge is -2.05.